The number of hydrogen-bond donors (Lipinski definition) is 1. The molecule has 0 amide bonds. The summed E-state index contributed by atoms with van der Waals surface area (Å²) in [4.78, 5) is 4.08. The molecule has 0 aliphatic heterocycles. The molecule has 0 saturated carbocycles. The van der Waals surface area contributed by atoms with E-state index in [-0.39, 0.29) is 0 Å². The van der Waals surface area contributed by atoms with Gasteiger partial charge in [0.1, 0.15) is 0 Å². The van der Waals surface area contributed by atoms with Crippen LogP contribution in [-0.4, -0.2) is 4.98 Å². The minimum absolute atomic E-state index is 0.561. The van der Waals surface area contributed by atoms with Crippen molar-refractivity contribution in [3.05, 3.63) is 22.7 Å². The molecule has 0 bridgehead atoms. The number of anilines is 1. The lowest BCUT2D eigenvalue weighted by Crippen LogP contribution is -1.81. The SMILES string of the molecule is Nc1ccc2sc(Cl)nc2c1. The van der Waals surface area contributed by atoms with E-state index in [2.05, 4.69) is 4.98 Å². The first-order chi connectivity index (χ1) is 5.25. The fraction of sp³-hybridized carbons (Fsp3) is 0. The van der Waals surface area contributed by atoms with Crippen molar-refractivity contribution in [2.75, 3.05) is 5.73 Å². The number of fused-ring (bicyclic) bond motifs is 1. The van der Waals surface area contributed by atoms with Gasteiger partial charge in [-0.3, -0.25) is 0 Å². The van der Waals surface area contributed by atoms with Crippen LogP contribution in [0.5, 0.6) is 0 Å². The van der Waals surface area contributed by atoms with Gasteiger partial charge in [0, 0.05) is 5.69 Å². The lowest BCUT2D eigenvalue weighted by atomic mass is 10.3. The molecule has 2 aromatic rings. The number of halogens is 1. The Hall–Kier alpha value is -0.800. The van der Waals surface area contributed by atoms with Gasteiger partial charge in [-0.15, -0.1) is 11.3 Å². The molecule has 0 unspecified atom stereocenters. The van der Waals surface area contributed by atoms with Gasteiger partial charge in [0.15, 0.2) is 4.47 Å². The van der Waals surface area contributed by atoms with Crippen LogP contribution in [0.4, 0.5) is 5.69 Å². The fourth-order valence-corrected chi connectivity index (χ4v) is 1.93. The number of hydrogen-bond acceptors (Lipinski definition) is 3. The summed E-state index contributed by atoms with van der Waals surface area (Å²) in [5.74, 6) is 0. The number of rotatable bonds is 0. The highest BCUT2D eigenvalue weighted by Crippen LogP contribution is 2.26. The zero-order valence-corrected chi connectivity index (χ0v) is 7.12. The number of nitrogens with two attached hydrogens (primary N) is 1. The molecular weight excluding hydrogens is 180 g/mol. The summed E-state index contributed by atoms with van der Waals surface area (Å²) >= 11 is 7.16. The Kier molecular flexibility index (Phi) is 1.47. The van der Waals surface area contributed by atoms with Crippen molar-refractivity contribution in [3.63, 3.8) is 0 Å². The average Bonchev–Trinajstić information content (AvgIpc) is 2.27. The van der Waals surface area contributed by atoms with Crippen LogP contribution in [0.2, 0.25) is 4.47 Å². The quantitative estimate of drug-likeness (QED) is 0.639. The first-order valence-electron chi connectivity index (χ1n) is 3.07. The van der Waals surface area contributed by atoms with Crippen molar-refractivity contribution in [2.45, 2.75) is 0 Å². The third kappa shape index (κ3) is 1.17. The highest BCUT2D eigenvalue weighted by molar-refractivity contribution is 7.22. The van der Waals surface area contributed by atoms with E-state index in [0.717, 1.165) is 15.9 Å². The van der Waals surface area contributed by atoms with Crippen molar-refractivity contribution in [1.82, 2.24) is 4.98 Å². The first kappa shape index (κ1) is 6.88. The summed E-state index contributed by atoms with van der Waals surface area (Å²) in [6.07, 6.45) is 0. The highest BCUT2D eigenvalue weighted by Gasteiger charge is 1.99. The number of thiazole rings is 1. The standard InChI is InChI=1S/C7H5ClN2S/c8-7-10-5-3-4(9)1-2-6(5)11-7/h1-3H,9H2. The Bertz CT molecular complexity index is 396. The molecule has 1 heterocycles. The molecule has 0 spiro atoms. The van der Waals surface area contributed by atoms with E-state index >= 15 is 0 Å². The third-order valence-corrected chi connectivity index (χ3v) is 2.53. The van der Waals surface area contributed by atoms with Gasteiger partial charge in [-0.25, -0.2) is 4.98 Å². The smallest absolute Gasteiger partial charge is 0.184 e. The zero-order valence-electron chi connectivity index (χ0n) is 5.54. The molecule has 0 saturated heterocycles. The molecule has 2 rings (SSSR count). The molecule has 0 atom stereocenters. The van der Waals surface area contributed by atoms with Crippen molar-refractivity contribution in [3.8, 4) is 0 Å². The monoisotopic (exact) mass is 184 g/mol. The summed E-state index contributed by atoms with van der Waals surface area (Å²) in [5, 5.41) is 0. The number of nitrogens with zero attached hydrogens (tertiary/aromatic N) is 1. The Morgan fingerprint density at radius 2 is 2.27 bits per heavy atom. The maximum Gasteiger partial charge on any atom is 0.184 e. The van der Waals surface area contributed by atoms with E-state index in [4.69, 9.17) is 17.3 Å². The van der Waals surface area contributed by atoms with E-state index in [9.17, 15) is 0 Å². The van der Waals surface area contributed by atoms with Gasteiger partial charge in [-0.1, -0.05) is 11.6 Å². The topological polar surface area (TPSA) is 38.9 Å². The predicted octanol–water partition coefficient (Wildman–Crippen LogP) is 2.53. The Morgan fingerprint density at radius 1 is 1.45 bits per heavy atom. The van der Waals surface area contributed by atoms with E-state index in [1.165, 1.54) is 11.3 Å². The molecule has 11 heavy (non-hydrogen) atoms. The van der Waals surface area contributed by atoms with Gasteiger partial charge in [0.05, 0.1) is 10.2 Å². The molecule has 56 valence electrons. The zero-order chi connectivity index (χ0) is 7.84. The van der Waals surface area contributed by atoms with Crippen LogP contribution >= 0.6 is 22.9 Å². The van der Waals surface area contributed by atoms with Crippen LogP contribution in [-0.2, 0) is 0 Å². The van der Waals surface area contributed by atoms with E-state index in [1.54, 1.807) is 0 Å². The van der Waals surface area contributed by atoms with Crippen molar-refractivity contribution < 1.29 is 0 Å². The van der Waals surface area contributed by atoms with Crippen LogP contribution in [0.25, 0.3) is 10.2 Å². The van der Waals surface area contributed by atoms with Crippen molar-refractivity contribution in [1.29, 1.82) is 0 Å². The Labute approximate surface area is 72.6 Å². The van der Waals surface area contributed by atoms with Gasteiger partial charge in [-0.05, 0) is 18.2 Å². The minimum atomic E-state index is 0.561. The first-order valence-corrected chi connectivity index (χ1v) is 4.27. The third-order valence-electron chi connectivity index (χ3n) is 1.39. The van der Waals surface area contributed by atoms with Gasteiger partial charge in [-0.2, -0.15) is 0 Å². The Morgan fingerprint density at radius 3 is 3.09 bits per heavy atom. The number of benzene rings is 1. The molecule has 1 aromatic heterocycles. The molecular formula is C7H5ClN2S. The maximum absolute atomic E-state index is 5.70. The molecule has 4 heteroatoms. The second-order valence-electron chi connectivity index (χ2n) is 2.19. The van der Waals surface area contributed by atoms with Crippen LogP contribution in [0.3, 0.4) is 0 Å². The van der Waals surface area contributed by atoms with Crippen molar-refractivity contribution in [2.24, 2.45) is 0 Å². The summed E-state index contributed by atoms with van der Waals surface area (Å²) in [7, 11) is 0. The maximum atomic E-state index is 5.70. The molecule has 0 radical (unpaired) electrons. The van der Waals surface area contributed by atoms with Gasteiger partial charge in [0.25, 0.3) is 0 Å². The van der Waals surface area contributed by atoms with Gasteiger partial charge < -0.3 is 5.73 Å². The second-order valence-corrected chi connectivity index (χ2v) is 3.81. The van der Waals surface area contributed by atoms with E-state index in [0.29, 0.717) is 4.47 Å². The lowest BCUT2D eigenvalue weighted by molar-refractivity contribution is 1.50. The summed E-state index contributed by atoms with van der Waals surface area (Å²) in [6.45, 7) is 0. The normalized spacial score (nSPS) is 10.6. The van der Waals surface area contributed by atoms with Crippen LogP contribution < -0.4 is 5.73 Å². The molecule has 2 N–H and O–H groups in total. The Balaban J connectivity index is 2.82. The second kappa shape index (κ2) is 2.36. The minimum Gasteiger partial charge on any atom is -0.399 e. The average molecular weight is 185 g/mol. The highest BCUT2D eigenvalue weighted by atomic mass is 35.5. The summed E-state index contributed by atoms with van der Waals surface area (Å²) in [6, 6.07) is 5.59. The van der Waals surface area contributed by atoms with E-state index < -0.39 is 0 Å². The molecule has 0 fully saturated rings. The lowest BCUT2D eigenvalue weighted by Gasteiger charge is -1.88. The molecule has 1 aromatic carbocycles. The molecule has 0 aliphatic carbocycles. The van der Waals surface area contributed by atoms with Crippen LogP contribution in [0.15, 0.2) is 18.2 Å². The van der Waals surface area contributed by atoms with Crippen LogP contribution in [0.1, 0.15) is 0 Å². The number of nitrogen functional groups attached to an aromatic ring is 1. The summed E-state index contributed by atoms with van der Waals surface area (Å²) in [5.41, 5.74) is 7.15. The van der Waals surface area contributed by atoms with Crippen molar-refractivity contribution >= 4 is 38.8 Å². The van der Waals surface area contributed by atoms with Gasteiger partial charge >= 0.3 is 0 Å². The van der Waals surface area contributed by atoms with E-state index in [1.807, 2.05) is 18.2 Å². The van der Waals surface area contributed by atoms with Crippen LogP contribution in [0, 0.1) is 0 Å². The van der Waals surface area contributed by atoms with Gasteiger partial charge in [0.2, 0.25) is 0 Å². The molecule has 2 nitrogen and oxygen atoms in total. The number of aromatic nitrogens is 1. The predicted molar refractivity (Wildman–Crippen MR) is 49.0 cm³/mol. The largest absolute Gasteiger partial charge is 0.399 e. The fourth-order valence-electron chi connectivity index (χ4n) is 0.916. The summed E-state index contributed by atoms with van der Waals surface area (Å²) < 4.78 is 1.63. The molecule has 0 aliphatic rings.